The number of nitrogens with zero attached hydrogens (tertiary/aromatic N) is 2. The van der Waals surface area contributed by atoms with Gasteiger partial charge in [0.2, 0.25) is 5.91 Å². The minimum absolute atomic E-state index is 0.000806. The fraction of sp³-hybridized carbons (Fsp3) is 0.235. The number of pyridine rings is 1. The van der Waals surface area contributed by atoms with Gasteiger partial charge in [0.05, 0.1) is 17.1 Å². The van der Waals surface area contributed by atoms with E-state index in [4.69, 9.17) is 11.6 Å². The molecule has 2 amide bonds. The van der Waals surface area contributed by atoms with E-state index in [9.17, 15) is 9.59 Å². The van der Waals surface area contributed by atoms with Crippen LogP contribution in [-0.4, -0.2) is 36.4 Å². The Hall–Kier alpha value is -2.60. The van der Waals surface area contributed by atoms with Crippen LogP contribution in [0.4, 0.5) is 5.82 Å². The van der Waals surface area contributed by atoms with Gasteiger partial charge in [-0.3, -0.25) is 9.59 Å². The number of carbonyl (C=O) groups excluding carboxylic acids is 2. The normalized spacial score (nSPS) is 14.2. The molecule has 0 aliphatic carbocycles. The quantitative estimate of drug-likeness (QED) is 0.883. The highest BCUT2D eigenvalue weighted by Crippen LogP contribution is 2.15. The Morgan fingerprint density at radius 1 is 1.29 bits per heavy atom. The van der Waals surface area contributed by atoms with Gasteiger partial charge in [-0.25, -0.2) is 4.98 Å². The molecule has 1 aliphatic rings. The third-order valence-corrected chi connectivity index (χ3v) is 4.07. The Bertz CT molecular complexity index is 749. The number of hydrogen-bond donors (Lipinski definition) is 2. The van der Waals surface area contributed by atoms with Crippen LogP contribution >= 0.6 is 11.6 Å². The first kappa shape index (κ1) is 16.3. The van der Waals surface area contributed by atoms with Crippen molar-refractivity contribution in [3.05, 3.63) is 58.7 Å². The first-order chi connectivity index (χ1) is 11.6. The molecule has 0 atom stereocenters. The molecule has 0 unspecified atom stereocenters. The van der Waals surface area contributed by atoms with E-state index in [-0.39, 0.29) is 11.8 Å². The zero-order chi connectivity index (χ0) is 16.9. The smallest absolute Gasteiger partial charge is 0.253 e. The molecule has 3 rings (SSSR count). The minimum Gasteiger partial charge on any atom is -0.353 e. The molecule has 6 nitrogen and oxygen atoms in total. The van der Waals surface area contributed by atoms with Gasteiger partial charge in [-0.1, -0.05) is 29.8 Å². The SMILES string of the molecule is O=C1CN(c2ccc(CNC(=O)c3ccccc3Cl)cn2)CCN1. The molecule has 7 heteroatoms. The lowest BCUT2D eigenvalue weighted by Gasteiger charge is -2.27. The van der Waals surface area contributed by atoms with Gasteiger partial charge >= 0.3 is 0 Å². The third-order valence-electron chi connectivity index (χ3n) is 3.74. The Morgan fingerprint density at radius 3 is 2.83 bits per heavy atom. The number of hydrogen-bond acceptors (Lipinski definition) is 4. The third kappa shape index (κ3) is 3.83. The second-order valence-corrected chi connectivity index (χ2v) is 5.87. The fourth-order valence-corrected chi connectivity index (χ4v) is 2.69. The monoisotopic (exact) mass is 344 g/mol. The van der Waals surface area contributed by atoms with E-state index in [1.54, 1.807) is 30.5 Å². The number of amides is 2. The topological polar surface area (TPSA) is 74.3 Å². The van der Waals surface area contributed by atoms with Gasteiger partial charge in [0.15, 0.2) is 0 Å². The van der Waals surface area contributed by atoms with Gasteiger partial charge in [-0.2, -0.15) is 0 Å². The van der Waals surface area contributed by atoms with Crippen LogP contribution in [0.15, 0.2) is 42.6 Å². The number of rotatable bonds is 4. The van der Waals surface area contributed by atoms with Crippen molar-refractivity contribution in [1.29, 1.82) is 0 Å². The molecule has 2 N–H and O–H groups in total. The fourth-order valence-electron chi connectivity index (χ4n) is 2.47. The summed E-state index contributed by atoms with van der Waals surface area (Å²) in [4.78, 5) is 29.8. The van der Waals surface area contributed by atoms with E-state index in [2.05, 4.69) is 15.6 Å². The first-order valence-corrected chi connectivity index (χ1v) is 8.00. The maximum atomic E-state index is 12.1. The molecule has 1 aromatic heterocycles. The predicted molar refractivity (Wildman–Crippen MR) is 92.1 cm³/mol. The van der Waals surface area contributed by atoms with Gasteiger partial charge < -0.3 is 15.5 Å². The second-order valence-electron chi connectivity index (χ2n) is 5.46. The number of anilines is 1. The molecule has 0 bridgehead atoms. The number of benzene rings is 1. The van der Waals surface area contributed by atoms with Crippen LogP contribution < -0.4 is 15.5 Å². The summed E-state index contributed by atoms with van der Waals surface area (Å²) in [5.74, 6) is 0.530. The van der Waals surface area contributed by atoms with E-state index >= 15 is 0 Å². The molecule has 0 spiro atoms. The van der Waals surface area contributed by atoms with Crippen LogP contribution in [0.25, 0.3) is 0 Å². The Labute approximate surface area is 144 Å². The second kappa shape index (κ2) is 7.31. The van der Waals surface area contributed by atoms with Crippen molar-refractivity contribution in [1.82, 2.24) is 15.6 Å². The zero-order valence-corrected chi connectivity index (χ0v) is 13.7. The van der Waals surface area contributed by atoms with E-state index in [1.165, 1.54) is 0 Å². The molecule has 24 heavy (non-hydrogen) atoms. The maximum Gasteiger partial charge on any atom is 0.253 e. The van der Waals surface area contributed by atoms with Crippen LogP contribution in [0.2, 0.25) is 5.02 Å². The molecular weight excluding hydrogens is 328 g/mol. The highest BCUT2D eigenvalue weighted by molar-refractivity contribution is 6.33. The Balaban J connectivity index is 1.59. The number of aromatic nitrogens is 1. The van der Waals surface area contributed by atoms with Crippen LogP contribution in [0.3, 0.4) is 0 Å². The summed E-state index contributed by atoms with van der Waals surface area (Å²) >= 11 is 6.01. The number of piperazine rings is 1. The summed E-state index contributed by atoms with van der Waals surface area (Å²) in [5.41, 5.74) is 1.32. The summed E-state index contributed by atoms with van der Waals surface area (Å²) in [6.07, 6.45) is 1.70. The first-order valence-electron chi connectivity index (χ1n) is 7.63. The molecular formula is C17H17ClN4O2. The van der Waals surface area contributed by atoms with Crippen molar-refractivity contribution in [3.8, 4) is 0 Å². The van der Waals surface area contributed by atoms with E-state index in [1.807, 2.05) is 17.0 Å². The van der Waals surface area contributed by atoms with E-state index < -0.39 is 0 Å². The summed E-state index contributed by atoms with van der Waals surface area (Å²) in [6, 6.07) is 10.7. The lowest BCUT2D eigenvalue weighted by atomic mass is 10.2. The van der Waals surface area contributed by atoms with E-state index in [0.29, 0.717) is 30.2 Å². The molecule has 1 fully saturated rings. The highest BCUT2D eigenvalue weighted by atomic mass is 35.5. The van der Waals surface area contributed by atoms with Crippen LogP contribution in [0.1, 0.15) is 15.9 Å². The largest absolute Gasteiger partial charge is 0.353 e. The van der Waals surface area contributed by atoms with Crippen molar-refractivity contribution >= 4 is 29.2 Å². The molecule has 1 saturated heterocycles. The summed E-state index contributed by atoms with van der Waals surface area (Å²) in [7, 11) is 0. The maximum absolute atomic E-state index is 12.1. The Morgan fingerprint density at radius 2 is 2.12 bits per heavy atom. The molecule has 2 heterocycles. The average molecular weight is 345 g/mol. The number of halogens is 1. The summed E-state index contributed by atoms with van der Waals surface area (Å²) in [5, 5.41) is 6.02. The summed E-state index contributed by atoms with van der Waals surface area (Å²) < 4.78 is 0. The highest BCUT2D eigenvalue weighted by Gasteiger charge is 2.17. The molecule has 0 saturated carbocycles. The lowest BCUT2D eigenvalue weighted by molar-refractivity contribution is -0.120. The van der Waals surface area contributed by atoms with Crippen molar-refractivity contribution in [2.75, 3.05) is 24.5 Å². The van der Waals surface area contributed by atoms with Crippen molar-refractivity contribution in [2.45, 2.75) is 6.54 Å². The predicted octanol–water partition coefficient (Wildman–Crippen LogP) is 1.60. The zero-order valence-electron chi connectivity index (χ0n) is 13.0. The van der Waals surface area contributed by atoms with Crippen molar-refractivity contribution in [3.63, 3.8) is 0 Å². The van der Waals surface area contributed by atoms with Crippen LogP contribution in [0, 0.1) is 0 Å². The van der Waals surface area contributed by atoms with Gasteiger partial charge in [-0.05, 0) is 23.8 Å². The van der Waals surface area contributed by atoms with E-state index in [0.717, 1.165) is 17.9 Å². The number of nitrogens with one attached hydrogen (secondary N) is 2. The van der Waals surface area contributed by atoms with Crippen molar-refractivity contribution in [2.24, 2.45) is 0 Å². The van der Waals surface area contributed by atoms with Gasteiger partial charge in [0.25, 0.3) is 5.91 Å². The van der Waals surface area contributed by atoms with Crippen LogP contribution in [-0.2, 0) is 11.3 Å². The molecule has 124 valence electrons. The minimum atomic E-state index is -0.225. The molecule has 2 aromatic rings. The average Bonchev–Trinajstić information content (AvgIpc) is 2.60. The number of carbonyl (C=O) groups is 2. The Kier molecular flexibility index (Phi) is 4.96. The van der Waals surface area contributed by atoms with Crippen LogP contribution in [0.5, 0.6) is 0 Å². The van der Waals surface area contributed by atoms with Gasteiger partial charge in [0, 0.05) is 25.8 Å². The van der Waals surface area contributed by atoms with Gasteiger partial charge in [-0.15, -0.1) is 0 Å². The molecule has 1 aliphatic heterocycles. The van der Waals surface area contributed by atoms with Gasteiger partial charge in [0.1, 0.15) is 5.82 Å². The standard InChI is InChI=1S/C17H17ClN4O2/c18-14-4-2-1-3-13(14)17(24)21-10-12-5-6-15(20-9-12)22-8-7-19-16(23)11-22/h1-6,9H,7-8,10-11H2,(H,19,23)(H,21,24). The molecule has 0 radical (unpaired) electrons. The molecule has 1 aromatic carbocycles. The summed E-state index contributed by atoms with van der Waals surface area (Å²) in [6.45, 7) is 2.03. The van der Waals surface area contributed by atoms with Crippen molar-refractivity contribution < 1.29 is 9.59 Å². The lowest BCUT2D eigenvalue weighted by Crippen LogP contribution is -2.48.